The van der Waals surface area contributed by atoms with E-state index in [0.29, 0.717) is 13.1 Å². The van der Waals surface area contributed by atoms with Crippen LogP contribution in [0.5, 0.6) is 0 Å². The number of piperidine rings is 1. The van der Waals surface area contributed by atoms with Gasteiger partial charge in [0.25, 0.3) is 0 Å². The van der Waals surface area contributed by atoms with Crippen LogP contribution >= 0.6 is 0 Å². The number of rotatable bonds is 4. The number of nitrogens with zero attached hydrogens (tertiary/aromatic N) is 2. The normalized spacial score (nSPS) is 25.8. The monoisotopic (exact) mass is 398 g/mol. The number of hydrogen-bond donors (Lipinski definition) is 0. The second kappa shape index (κ2) is 8.07. The van der Waals surface area contributed by atoms with E-state index in [0.717, 1.165) is 37.9 Å². The molecule has 2 aromatic rings. The van der Waals surface area contributed by atoms with Gasteiger partial charge < -0.3 is 4.55 Å². The molecule has 2 atom stereocenters. The van der Waals surface area contributed by atoms with Crippen molar-refractivity contribution in [1.82, 2.24) is 9.21 Å². The van der Waals surface area contributed by atoms with Crippen LogP contribution in [0.4, 0.5) is 0 Å². The molecule has 1 spiro atoms. The maximum Gasteiger partial charge on any atom is 0.122 e. The predicted octanol–water partition coefficient (Wildman–Crippen LogP) is 3.69. The maximum atomic E-state index is 12.6. The highest BCUT2D eigenvalue weighted by Gasteiger charge is 2.45. The Hall–Kier alpha value is -1.53. The van der Waals surface area contributed by atoms with Crippen molar-refractivity contribution < 1.29 is 8.76 Å². The molecule has 4 nitrogen and oxygen atoms in total. The summed E-state index contributed by atoms with van der Waals surface area (Å²) in [6.07, 6.45) is 6.71. The van der Waals surface area contributed by atoms with Crippen molar-refractivity contribution in [3.8, 4) is 0 Å². The van der Waals surface area contributed by atoms with Crippen molar-refractivity contribution in [3.63, 3.8) is 0 Å². The van der Waals surface area contributed by atoms with Gasteiger partial charge in [-0.15, -0.1) is 4.31 Å². The van der Waals surface area contributed by atoms with Crippen molar-refractivity contribution in [3.05, 3.63) is 71.3 Å². The fraction of sp³-hybridized carbons (Fsp3) is 0.478. The minimum atomic E-state index is -3.25. The van der Waals surface area contributed by atoms with E-state index in [9.17, 15) is 8.76 Å². The van der Waals surface area contributed by atoms with E-state index < -0.39 is 10.4 Å². The Kier molecular flexibility index (Phi) is 5.70. The molecule has 4 rings (SSSR count). The Labute approximate surface area is 169 Å². The minimum Gasteiger partial charge on any atom is -0.598 e. The summed E-state index contributed by atoms with van der Waals surface area (Å²) in [6.45, 7) is 3.11. The van der Waals surface area contributed by atoms with Crippen LogP contribution in [0.3, 0.4) is 0 Å². The summed E-state index contributed by atoms with van der Waals surface area (Å²) in [5.74, 6) is 0. The Bertz CT molecular complexity index is 851. The zero-order valence-electron chi connectivity index (χ0n) is 16.7. The number of fused-ring (bicyclic) bond motifs is 1. The van der Waals surface area contributed by atoms with E-state index in [1.807, 2.05) is 6.07 Å². The maximum absolute atomic E-state index is 12.6. The van der Waals surface area contributed by atoms with Crippen LogP contribution in [0.2, 0.25) is 0 Å². The smallest absolute Gasteiger partial charge is 0.122 e. The summed E-state index contributed by atoms with van der Waals surface area (Å²) in [5, 5.41) is 0. The molecule has 0 radical (unpaired) electrons. The standard InChI is InChI=1S/C23H30N2O2S/c1-28(26,27)25-18-22-12-6-5-11-21(22)17-23(19-25)14-7-8-15-24(23)16-13-20-9-3-2-4-10-20/h2-6,9-12H,7-8,13-19H2,1H3. The summed E-state index contributed by atoms with van der Waals surface area (Å²) in [7, 11) is -3.25. The quantitative estimate of drug-likeness (QED) is 0.738. The summed E-state index contributed by atoms with van der Waals surface area (Å²) in [4.78, 5) is 2.59. The van der Waals surface area contributed by atoms with Crippen LogP contribution in [-0.2, 0) is 34.0 Å². The molecule has 150 valence electrons. The first-order valence-electron chi connectivity index (χ1n) is 10.3. The highest BCUT2D eigenvalue weighted by molar-refractivity contribution is 7.94. The molecule has 0 bridgehead atoms. The van der Waals surface area contributed by atoms with Gasteiger partial charge in [-0.25, -0.2) is 0 Å². The van der Waals surface area contributed by atoms with Gasteiger partial charge in [0.2, 0.25) is 0 Å². The van der Waals surface area contributed by atoms with Gasteiger partial charge >= 0.3 is 0 Å². The second-order valence-electron chi connectivity index (χ2n) is 8.38. The average Bonchev–Trinajstić information content (AvgIpc) is 2.85. The van der Waals surface area contributed by atoms with Crippen molar-refractivity contribution in [2.24, 2.45) is 0 Å². The van der Waals surface area contributed by atoms with E-state index >= 15 is 0 Å². The van der Waals surface area contributed by atoms with E-state index in [4.69, 9.17) is 0 Å². The first-order valence-corrected chi connectivity index (χ1v) is 12.1. The van der Waals surface area contributed by atoms with Gasteiger partial charge in [-0.3, -0.25) is 4.90 Å². The van der Waals surface area contributed by atoms with Crippen LogP contribution < -0.4 is 0 Å². The van der Waals surface area contributed by atoms with Gasteiger partial charge in [-0.05, 0) is 48.9 Å². The molecular weight excluding hydrogens is 368 g/mol. The zero-order valence-corrected chi connectivity index (χ0v) is 17.5. The molecule has 1 fully saturated rings. The summed E-state index contributed by atoms with van der Waals surface area (Å²) >= 11 is 0. The topological polar surface area (TPSA) is 46.6 Å². The number of sulfonamides is 1. The van der Waals surface area contributed by atoms with Crippen LogP contribution in [0.15, 0.2) is 54.6 Å². The van der Waals surface area contributed by atoms with E-state index in [1.54, 1.807) is 4.31 Å². The lowest BCUT2D eigenvalue weighted by atomic mass is 9.80. The van der Waals surface area contributed by atoms with Crippen LogP contribution in [0.1, 0.15) is 36.0 Å². The molecule has 2 unspecified atom stereocenters. The third-order valence-electron chi connectivity index (χ3n) is 6.43. The summed E-state index contributed by atoms with van der Waals surface area (Å²) in [6, 6.07) is 19.0. The molecule has 0 saturated carbocycles. The minimum absolute atomic E-state index is 0.108. The fourth-order valence-electron chi connectivity index (χ4n) is 4.89. The molecule has 2 heterocycles. The lowest BCUT2D eigenvalue weighted by Gasteiger charge is -2.48. The third kappa shape index (κ3) is 4.23. The lowest BCUT2D eigenvalue weighted by molar-refractivity contribution is 0.0327. The van der Waals surface area contributed by atoms with Crippen LogP contribution in [0.25, 0.3) is 0 Å². The number of likely N-dealkylation sites (tertiary alicyclic amines) is 1. The fourth-order valence-corrected chi connectivity index (χ4v) is 5.74. The molecule has 28 heavy (non-hydrogen) atoms. The molecule has 0 aliphatic carbocycles. The van der Waals surface area contributed by atoms with Crippen molar-refractivity contribution in [1.29, 1.82) is 0 Å². The molecule has 2 aliphatic heterocycles. The predicted molar refractivity (Wildman–Crippen MR) is 114 cm³/mol. The highest BCUT2D eigenvalue weighted by Crippen LogP contribution is 2.37. The lowest BCUT2D eigenvalue weighted by Crippen LogP contribution is -2.60. The van der Waals surface area contributed by atoms with Crippen molar-refractivity contribution >= 4 is 10.4 Å². The van der Waals surface area contributed by atoms with Gasteiger partial charge in [0, 0.05) is 12.1 Å². The molecular formula is C23H30N2O2S. The van der Waals surface area contributed by atoms with Crippen molar-refractivity contribution in [2.75, 3.05) is 25.9 Å². The molecule has 2 aliphatic rings. The molecule has 0 amide bonds. The van der Waals surface area contributed by atoms with Gasteiger partial charge in [0.1, 0.15) is 16.7 Å². The SMILES string of the molecule is C[S+](=O)([O-])N1Cc2ccccc2CC2(CCCCN2CCc2ccccc2)C1. The Balaban J connectivity index is 1.65. The van der Waals surface area contributed by atoms with Crippen molar-refractivity contribution in [2.45, 2.75) is 44.2 Å². The number of benzene rings is 2. The average molecular weight is 399 g/mol. The van der Waals surface area contributed by atoms with Crippen LogP contribution in [0, 0.1) is 0 Å². The first-order chi connectivity index (χ1) is 13.5. The van der Waals surface area contributed by atoms with Gasteiger partial charge in [0.15, 0.2) is 0 Å². The largest absolute Gasteiger partial charge is 0.598 e. The summed E-state index contributed by atoms with van der Waals surface area (Å²) < 4.78 is 26.8. The second-order valence-corrected chi connectivity index (χ2v) is 10.4. The van der Waals surface area contributed by atoms with E-state index in [1.165, 1.54) is 30.2 Å². The Morgan fingerprint density at radius 1 is 1.04 bits per heavy atom. The van der Waals surface area contributed by atoms with Gasteiger partial charge in [-0.1, -0.05) is 65.2 Å². The van der Waals surface area contributed by atoms with Gasteiger partial charge in [-0.2, -0.15) is 0 Å². The van der Waals surface area contributed by atoms with Gasteiger partial charge in [0.05, 0.1) is 13.1 Å². The van der Waals surface area contributed by atoms with E-state index in [2.05, 4.69) is 53.4 Å². The number of hydrogen-bond acceptors (Lipinski definition) is 3. The molecule has 0 N–H and O–H groups in total. The highest BCUT2D eigenvalue weighted by atomic mass is 32.3. The first kappa shape index (κ1) is 19.8. The third-order valence-corrected chi connectivity index (χ3v) is 7.62. The zero-order chi connectivity index (χ0) is 19.6. The Morgan fingerprint density at radius 2 is 1.75 bits per heavy atom. The van der Waals surface area contributed by atoms with Crippen LogP contribution in [-0.4, -0.2) is 45.2 Å². The molecule has 1 saturated heterocycles. The van der Waals surface area contributed by atoms with E-state index in [-0.39, 0.29) is 5.54 Å². The molecule has 5 heteroatoms. The molecule has 2 aromatic carbocycles. The molecule has 0 aromatic heterocycles. The Morgan fingerprint density at radius 3 is 2.50 bits per heavy atom. The summed E-state index contributed by atoms with van der Waals surface area (Å²) in [5.41, 5.74) is 3.69.